The fourth-order valence-electron chi connectivity index (χ4n) is 1.35. The molecule has 0 bridgehead atoms. The fourth-order valence-corrected chi connectivity index (χ4v) is 1.35. The second kappa shape index (κ2) is 11.3. The summed E-state index contributed by atoms with van der Waals surface area (Å²) in [5, 5.41) is 0. The molecule has 1 radical (unpaired) electrons. The molecule has 22 heavy (non-hydrogen) atoms. The normalized spacial score (nSPS) is 9.09. The van der Waals surface area contributed by atoms with Crippen LogP contribution >= 0.6 is 0 Å². The Morgan fingerprint density at radius 1 is 0.909 bits per heavy atom. The Labute approximate surface area is 140 Å². The van der Waals surface area contributed by atoms with Crippen molar-refractivity contribution in [1.82, 2.24) is 9.97 Å². The van der Waals surface area contributed by atoms with Gasteiger partial charge in [0.1, 0.15) is 0 Å². The van der Waals surface area contributed by atoms with Crippen LogP contribution < -0.4 is 0 Å². The molecule has 0 aromatic carbocycles. The maximum absolute atomic E-state index is 8.52. The van der Waals surface area contributed by atoms with E-state index in [9.17, 15) is 0 Å². The molecule has 10 heteroatoms. The third kappa shape index (κ3) is 11.3. The number of aromatic nitrogens is 2. The van der Waals surface area contributed by atoms with Crippen molar-refractivity contribution in [2.75, 3.05) is 0 Å². The first kappa shape index (κ1) is 25.6. The van der Waals surface area contributed by atoms with E-state index in [4.69, 9.17) is 17.5 Å². The third-order valence-corrected chi connectivity index (χ3v) is 2.09. The number of hydrogen-bond acceptors (Lipinski definition) is 6. The summed E-state index contributed by atoms with van der Waals surface area (Å²) in [6.07, 6.45) is 3.63. The van der Waals surface area contributed by atoms with E-state index < -0.39 is 10.4 Å². The zero-order valence-corrected chi connectivity index (χ0v) is 14.0. The van der Waals surface area contributed by atoms with Gasteiger partial charge in [0, 0.05) is 22.8 Å². The average Bonchev–Trinajstić information content (AvgIpc) is 2.27. The van der Waals surface area contributed by atoms with Crippen LogP contribution in [0.1, 0.15) is 11.1 Å². The van der Waals surface area contributed by atoms with Gasteiger partial charge >= 0.3 is 18.6 Å². The molecular formula is C12H14N2O6SV-2. The summed E-state index contributed by atoms with van der Waals surface area (Å²) >= 11 is 0. The molecule has 0 atom stereocenters. The van der Waals surface area contributed by atoms with Gasteiger partial charge in [-0.05, 0) is 49.2 Å². The van der Waals surface area contributed by atoms with Crippen LogP contribution in [0.25, 0.3) is 11.4 Å². The van der Waals surface area contributed by atoms with Gasteiger partial charge in [0.2, 0.25) is 0 Å². The van der Waals surface area contributed by atoms with Crippen LogP contribution in [0, 0.1) is 13.8 Å². The van der Waals surface area contributed by atoms with E-state index in [2.05, 4.69) is 23.8 Å². The molecule has 0 unspecified atom stereocenters. The molecule has 2 aromatic rings. The average molecular weight is 365 g/mol. The van der Waals surface area contributed by atoms with Gasteiger partial charge in [-0.1, -0.05) is 0 Å². The van der Waals surface area contributed by atoms with E-state index in [0.29, 0.717) is 0 Å². The molecule has 2 heterocycles. The van der Waals surface area contributed by atoms with Crippen molar-refractivity contribution in [1.29, 1.82) is 0 Å². The SMILES string of the molecule is Cc1ccnc(-c2cc(C)ccn2)c1.O.O=S(=O)([O-])[O-].[O-2].[V+2]. The van der Waals surface area contributed by atoms with Crippen molar-refractivity contribution in [2.45, 2.75) is 13.8 Å². The van der Waals surface area contributed by atoms with Gasteiger partial charge in [-0.2, -0.15) is 0 Å². The standard InChI is InChI=1S/C12H12N2.H2O4S.H2O.O.V/c1-9-3-5-13-11(7-9)12-8-10(2)4-6-14-12;1-5(2,3)4;;;/h3-8H,1-2H3;(H2,1,2,3,4);1H2;;/q;;;-2;+2/p-2. The van der Waals surface area contributed by atoms with Crippen LogP contribution in [-0.4, -0.2) is 33.0 Å². The quantitative estimate of drug-likeness (QED) is 0.526. The Morgan fingerprint density at radius 3 is 1.41 bits per heavy atom. The first-order valence-corrected chi connectivity index (χ1v) is 6.61. The summed E-state index contributed by atoms with van der Waals surface area (Å²) in [7, 11) is -5.17. The molecule has 0 aliphatic rings. The number of rotatable bonds is 1. The smallest absolute Gasteiger partial charge is 2.00 e. The first-order chi connectivity index (χ1) is 8.75. The zero-order chi connectivity index (χ0) is 14.5. The Kier molecular flexibility index (Phi) is 13.1. The minimum Gasteiger partial charge on any atom is -2.00 e. The topological polar surface area (TPSA) is 166 Å². The van der Waals surface area contributed by atoms with Crippen molar-refractivity contribution in [2.24, 2.45) is 0 Å². The monoisotopic (exact) mass is 365 g/mol. The summed E-state index contributed by atoms with van der Waals surface area (Å²) in [5.74, 6) is 0. The van der Waals surface area contributed by atoms with Gasteiger partial charge in [0.25, 0.3) is 0 Å². The molecule has 0 aliphatic heterocycles. The van der Waals surface area contributed by atoms with Crippen LogP contribution in [-0.2, 0) is 34.4 Å². The molecule has 0 saturated heterocycles. The van der Waals surface area contributed by atoms with Crippen LogP contribution in [0.4, 0.5) is 0 Å². The first-order valence-electron chi connectivity index (χ1n) is 5.28. The second-order valence-corrected chi connectivity index (χ2v) is 4.66. The Bertz CT molecular complexity index is 615. The summed E-state index contributed by atoms with van der Waals surface area (Å²) in [5.41, 5.74) is 4.29. The van der Waals surface area contributed by atoms with Gasteiger partial charge in [-0.3, -0.25) is 18.4 Å². The summed E-state index contributed by atoms with van der Waals surface area (Å²) in [4.78, 5) is 8.58. The number of hydrogen-bond donors (Lipinski definition) is 0. The summed E-state index contributed by atoms with van der Waals surface area (Å²) in [6, 6.07) is 8.06. The molecule has 0 saturated carbocycles. The van der Waals surface area contributed by atoms with E-state index in [-0.39, 0.29) is 29.5 Å². The zero-order valence-electron chi connectivity index (χ0n) is 11.8. The molecule has 0 aliphatic carbocycles. The maximum atomic E-state index is 8.52. The van der Waals surface area contributed by atoms with Crippen molar-refractivity contribution < 1.29 is 47.0 Å². The van der Waals surface area contributed by atoms with E-state index in [1.54, 1.807) is 0 Å². The summed E-state index contributed by atoms with van der Waals surface area (Å²) in [6.45, 7) is 4.11. The van der Waals surface area contributed by atoms with E-state index in [1.165, 1.54) is 11.1 Å². The Hall–Kier alpha value is -1.33. The van der Waals surface area contributed by atoms with Gasteiger partial charge in [0.15, 0.2) is 0 Å². The molecule has 8 nitrogen and oxygen atoms in total. The minimum atomic E-state index is -5.17. The van der Waals surface area contributed by atoms with Crippen molar-refractivity contribution in [3.63, 3.8) is 0 Å². The Balaban J connectivity index is -0.000000401. The predicted octanol–water partition coefficient (Wildman–Crippen LogP) is 0.476. The maximum Gasteiger partial charge on any atom is 2.00 e. The van der Waals surface area contributed by atoms with Crippen molar-refractivity contribution >= 4 is 10.4 Å². The molecule has 2 aromatic heterocycles. The number of aryl methyl sites for hydroxylation is 2. The minimum absolute atomic E-state index is 0. The molecule has 2 rings (SSSR count). The summed E-state index contributed by atoms with van der Waals surface area (Å²) < 4.78 is 34.1. The molecule has 0 spiro atoms. The largest absolute Gasteiger partial charge is 2.00 e. The number of pyridine rings is 2. The Morgan fingerprint density at radius 2 is 1.18 bits per heavy atom. The van der Waals surface area contributed by atoms with E-state index in [1.807, 2.05) is 36.7 Å². The van der Waals surface area contributed by atoms with Crippen molar-refractivity contribution in [3.8, 4) is 11.4 Å². The third-order valence-electron chi connectivity index (χ3n) is 2.09. The van der Waals surface area contributed by atoms with Gasteiger partial charge in [-0.15, -0.1) is 0 Å². The molecule has 0 amide bonds. The van der Waals surface area contributed by atoms with Crippen LogP contribution in [0.3, 0.4) is 0 Å². The molecule has 0 fully saturated rings. The molecule has 2 N–H and O–H groups in total. The molecular weight excluding hydrogens is 351 g/mol. The van der Waals surface area contributed by atoms with E-state index in [0.717, 1.165) is 11.4 Å². The van der Waals surface area contributed by atoms with Gasteiger partial charge in [0.05, 0.1) is 11.4 Å². The van der Waals surface area contributed by atoms with E-state index >= 15 is 0 Å². The van der Waals surface area contributed by atoms with Gasteiger partial charge in [-0.25, -0.2) is 0 Å². The van der Waals surface area contributed by atoms with Crippen LogP contribution in [0.2, 0.25) is 0 Å². The van der Waals surface area contributed by atoms with Crippen LogP contribution in [0.15, 0.2) is 36.7 Å². The predicted molar refractivity (Wildman–Crippen MR) is 71.7 cm³/mol. The second-order valence-electron chi connectivity index (χ2n) is 3.85. The van der Waals surface area contributed by atoms with Gasteiger partial charge < -0.3 is 20.1 Å². The van der Waals surface area contributed by atoms with Crippen LogP contribution in [0.5, 0.6) is 0 Å². The molecule has 121 valence electrons. The number of nitrogens with zero attached hydrogens (tertiary/aromatic N) is 2. The van der Waals surface area contributed by atoms with Crippen molar-refractivity contribution in [3.05, 3.63) is 47.8 Å². The fraction of sp³-hybridized carbons (Fsp3) is 0.167.